The number of hydrogen-bond acceptors (Lipinski definition) is 4. The Kier molecular flexibility index (Phi) is 6.06. The second-order valence-electron chi connectivity index (χ2n) is 5.79. The lowest BCUT2D eigenvalue weighted by atomic mass is 10.0. The molecule has 2 rings (SSSR count). The molecule has 5 nitrogen and oxygen atoms in total. The minimum absolute atomic E-state index is 0.0260. The van der Waals surface area contributed by atoms with E-state index in [4.69, 9.17) is 14.9 Å². The quantitative estimate of drug-likeness (QED) is 0.485. The third-order valence-electron chi connectivity index (χ3n) is 3.51. The zero-order chi connectivity index (χ0) is 18.4. The van der Waals surface area contributed by atoms with E-state index in [9.17, 15) is 4.79 Å². The average Bonchev–Trinajstić information content (AvgIpc) is 2.59. The van der Waals surface area contributed by atoms with Crippen LogP contribution in [0.2, 0.25) is 0 Å². The van der Waals surface area contributed by atoms with Gasteiger partial charge < -0.3 is 9.47 Å². The molecule has 2 aromatic rings. The van der Waals surface area contributed by atoms with E-state index >= 15 is 0 Å². The van der Waals surface area contributed by atoms with Crippen LogP contribution in [-0.4, -0.2) is 24.4 Å². The molecule has 0 aliphatic carbocycles. The van der Waals surface area contributed by atoms with Crippen LogP contribution in [0.3, 0.4) is 0 Å². The first-order valence-corrected chi connectivity index (χ1v) is 7.93. The van der Waals surface area contributed by atoms with Gasteiger partial charge in [0.05, 0.1) is 7.11 Å². The van der Waals surface area contributed by atoms with Crippen LogP contribution in [0.15, 0.2) is 47.5 Å². The summed E-state index contributed by atoms with van der Waals surface area (Å²) in [7, 11) is 1.53. The lowest BCUT2D eigenvalue weighted by Crippen LogP contribution is -2.09. The second-order valence-corrected chi connectivity index (χ2v) is 5.79. The Balaban J connectivity index is 2.40. The highest BCUT2D eigenvalue weighted by molar-refractivity contribution is 6.12. The van der Waals surface area contributed by atoms with E-state index in [0.717, 1.165) is 11.3 Å². The van der Waals surface area contributed by atoms with E-state index in [-0.39, 0.29) is 11.6 Å². The Hall–Kier alpha value is -2.95. The molecular weight excluding hydrogens is 316 g/mol. The van der Waals surface area contributed by atoms with Gasteiger partial charge in [-0.3, -0.25) is 10.2 Å². The molecule has 0 fully saturated rings. The van der Waals surface area contributed by atoms with Gasteiger partial charge in [-0.2, -0.15) is 0 Å². The van der Waals surface area contributed by atoms with Gasteiger partial charge in [-0.15, -0.1) is 0 Å². The van der Waals surface area contributed by atoms with Gasteiger partial charge in [-0.1, -0.05) is 30.3 Å². The van der Waals surface area contributed by atoms with Gasteiger partial charge in [-0.25, -0.2) is 4.99 Å². The molecule has 0 spiro atoms. The van der Waals surface area contributed by atoms with Gasteiger partial charge in [0.2, 0.25) is 0 Å². The molecular formula is C20H22N2O3. The number of methoxy groups -OCH3 is 1. The Labute approximate surface area is 147 Å². The summed E-state index contributed by atoms with van der Waals surface area (Å²) in [6.45, 7) is 5.42. The minimum atomic E-state index is -0.157. The maximum Gasteiger partial charge on any atom is 0.162 e. The van der Waals surface area contributed by atoms with Crippen molar-refractivity contribution in [1.29, 1.82) is 5.41 Å². The molecule has 1 N–H and O–H groups in total. The van der Waals surface area contributed by atoms with E-state index in [1.165, 1.54) is 14.0 Å². The monoisotopic (exact) mass is 338 g/mol. The first-order chi connectivity index (χ1) is 11.9. The van der Waals surface area contributed by atoms with Crippen molar-refractivity contribution in [3.63, 3.8) is 0 Å². The molecule has 0 saturated carbocycles. The third kappa shape index (κ3) is 4.76. The highest BCUT2D eigenvalue weighted by Gasteiger charge is 2.17. The molecule has 0 heterocycles. The molecule has 5 heteroatoms. The summed E-state index contributed by atoms with van der Waals surface area (Å²) in [4.78, 5) is 16.2. The Morgan fingerprint density at radius 3 is 2.24 bits per heavy atom. The summed E-state index contributed by atoms with van der Waals surface area (Å²) in [5.74, 6) is 0.795. The van der Waals surface area contributed by atoms with Gasteiger partial charge in [-0.05, 0) is 38.5 Å². The number of rotatable bonds is 6. The predicted octanol–water partition coefficient (Wildman–Crippen LogP) is 4.28. The molecule has 2 aromatic carbocycles. The Morgan fingerprint density at radius 2 is 1.68 bits per heavy atom. The first kappa shape index (κ1) is 18.4. The SMILES string of the molecule is COc1cc(C(=N)N=C(C)C)c(C(C)=O)cc1OCc1ccccc1. The summed E-state index contributed by atoms with van der Waals surface area (Å²) in [5.41, 5.74) is 2.57. The van der Waals surface area contributed by atoms with Crippen molar-refractivity contribution in [3.05, 3.63) is 59.2 Å². The topological polar surface area (TPSA) is 71.7 Å². The second kappa shape index (κ2) is 8.24. The van der Waals surface area contributed by atoms with Crippen molar-refractivity contribution >= 4 is 17.3 Å². The van der Waals surface area contributed by atoms with Crippen LogP contribution in [-0.2, 0) is 6.61 Å². The number of amidine groups is 1. The molecule has 0 atom stereocenters. The van der Waals surface area contributed by atoms with Crippen LogP contribution in [0.4, 0.5) is 0 Å². The van der Waals surface area contributed by atoms with E-state index in [2.05, 4.69) is 4.99 Å². The van der Waals surface area contributed by atoms with Crippen molar-refractivity contribution in [1.82, 2.24) is 0 Å². The maximum absolute atomic E-state index is 12.0. The molecule has 0 bridgehead atoms. The van der Waals surface area contributed by atoms with Crippen molar-refractivity contribution < 1.29 is 14.3 Å². The Morgan fingerprint density at radius 1 is 1.04 bits per heavy atom. The summed E-state index contributed by atoms with van der Waals surface area (Å²) < 4.78 is 11.2. The van der Waals surface area contributed by atoms with Gasteiger partial charge >= 0.3 is 0 Å². The molecule has 0 aliphatic heterocycles. The van der Waals surface area contributed by atoms with Crippen LogP contribution in [0.25, 0.3) is 0 Å². The normalized spacial score (nSPS) is 10.1. The number of hydrogen-bond donors (Lipinski definition) is 1. The number of ketones is 1. The van der Waals surface area contributed by atoms with E-state index in [1.54, 1.807) is 26.0 Å². The van der Waals surface area contributed by atoms with Crippen LogP contribution >= 0.6 is 0 Å². The summed E-state index contributed by atoms with van der Waals surface area (Å²) >= 11 is 0. The third-order valence-corrected chi connectivity index (χ3v) is 3.51. The van der Waals surface area contributed by atoms with Gasteiger partial charge in [0.15, 0.2) is 23.1 Å². The molecule has 0 unspecified atom stereocenters. The fourth-order valence-corrected chi connectivity index (χ4v) is 2.34. The Bertz CT molecular complexity index is 807. The van der Waals surface area contributed by atoms with E-state index < -0.39 is 0 Å². The van der Waals surface area contributed by atoms with Crippen molar-refractivity contribution in [2.24, 2.45) is 4.99 Å². The fourth-order valence-electron chi connectivity index (χ4n) is 2.34. The first-order valence-electron chi connectivity index (χ1n) is 7.93. The molecule has 130 valence electrons. The van der Waals surface area contributed by atoms with Crippen LogP contribution in [0.1, 0.15) is 42.3 Å². The molecule has 0 saturated heterocycles. The zero-order valence-electron chi connectivity index (χ0n) is 14.9. The lowest BCUT2D eigenvalue weighted by Gasteiger charge is -2.15. The van der Waals surface area contributed by atoms with Gasteiger partial charge in [0, 0.05) is 16.8 Å². The number of nitrogens with zero attached hydrogens (tertiary/aromatic N) is 1. The van der Waals surface area contributed by atoms with E-state index in [0.29, 0.717) is 29.2 Å². The highest BCUT2D eigenvalue weighted by atomic mass is 16.5. The molecule has 0 aromatic heterocycles. The zero-order valence-corrected chi connectivity index (χ0v) is 14.9. The van der Waals surface area contributed by atoms with Crippen LogP contribution < -0.4 is 9.47 Å². The van der Waals surface area contributed by atoms with Crippen LogP contribution in [0, 0.1) is 5.41 Å². The minimum Gasteiger partial charge on any atom is -0.493 e. The highest BCUT2D eigenvalue weighted by Crippen LogP contribution is 2.32. The number of carbonyl (C=O) groups is 1. The molecule has 0 radical (unpaired) electrons. The number of Topliss-reactive ketones (excluding diaryl/α,β-unsaturated/α-hetero) is 1. The molecule has 25 heavy (non-hydrogen) atoms. The smallest absolute Gasteiger partial charge is 0.162 e. The predicted molar refractivity (Wildman–Crippen MR) is 99.4 cm³/mol. The molecule has 0 amide bonds. The number of carbonyl (C=O) groups excluding carboxylic acids is 1. The number of nitrogens with one attached hydrogen (secondary N) is 1. The van der Waals surface area contributed by atoms with E-state index in [1.807, 2.05) is 30.3 Å². The van der Waals surface area contributed by atoms with Crippen molar-refractivity contribution in [2.45, 2.75) is 27.4 Å². The lowest BCUT2D eigenvalue weighted by molar-refractivity contribution is 0.101. The van der Waals surface area contributed by atoms with Crippen LogP contribution in [0.5, 0.6) is 11.5 Å². The average molecular weight is 338 g/mol. The maximum atomic E-state index is 12.0. The molecule has 0 aliphatic rings. The number of ether oxygens (including phenoxy) is 2. The summed E-state index contributed by atoms with van der Waals surface area (Å²) in [5, 5.41) is 8.14. The van der Waals surface area contributed by atoms with Crippen molar-refractivity contribution in [2.75, 3.05) is 7.11 Å². The number of benzene rings is 2. The summed E-state index contributed by atoms with van der Waals surface area (Å²) in [6, 6.07) is 13.0. The standard InChI is InChI=1S/C20H22N2O3/c1-13(2)22-20(21)17-11-18(24-4)19(10-16(17)14(3)23)25-12-15-8-6-5-7-9-15/h5-11,21H,12H2,1-4H3. The van der Waals surface area contributed by atoms with Crippen molar-refractivity contribution in [3.8, 4) is 11.5 Å². The largest absolute Gasteiger partial charge is 0.493 e. The fraction of sp³-hybridized carbons (Fsp3) is 0.250. The summed E-state index contributed by atoms with van der Waals surface area (Å²) in [6.07, 6.45) is 0. The van der Waals surface area contributed by atoms with Gasteiger partial charge in [0.25, 0.3) is 0 Å². The van der Waals surface area contributed by atoms with Gasteiger partial charge in [0.1, 0.15) is 6.61 Å². The number of aliphatic imine (C=N–C) groups is 1.